The molecule has 1 aliphatic rings. The van der Waals surface area contributed by atoms with Crippen molar-refractivity contribution >= 4 is 17.5 Å². The highest BCUT2D eigenvalue weighted by Crippen LogP contribution is 2.21. The van der Waals surface area contributed by atoms with Gasteiger partial charge in [-0.05, 0) is 31.0 Å². The van der Waals surface area contributed by atoms with E-state index in [2.05, 4.69) is 0 Å². The number of carbonyl (C=O) groups excluding carboxylic acids is 2. The Morgan fingerprint density at radius 3 is 2.57 bits per heavy atom. The Labute approximate surface area is 125 Å². The normalized spacial score (nSPS) is 14.6. The van der Waals surface area contributed by atoms with E-state index in [4.69, 9.17) is 5.11 Å². The second kappa shape index (κ2) is 7.22. The Bertz CT molecular complexity index is 499. The van der Waals surface area contributed by atoms with Crippen LogP contribution in [0.3, 0.4) is 0 Å². The summed E-state index contributed by atoms with van der Waals surface area (Å²) >= 11 is 0. The zero-order valence-corrected chi connectivity index (χ0v) is 12.4. The van der Waals surface area contributed by atoms with Gasteiger partial charge < -0.3 is 14.9 Å². The number of anilines is 1. The van der Waals surface area contributed by atoms with E-state index in [1.807, 2.05) is 31.2 Å². The molecule has 1 aromatic carbocycles. The molecular formula is C16H22N2O3. The molecule has 0 aromatic heterocycles. The van der Waals surface area contributed by atoms with E-state index in [0.29, 0.717) is 25.9 Å². The van der Waals surface area contributed by atoms with Crippen LogP contribution in [-0.2, 0) is 16.0 Å². The Kier molecular flexibility index (Phi) is 5.33. The fourth-order valence-corrected chi connectivity index (χ4v) is 2.58. The second-order valence-corrected chi connectivity index (χ2v) is 5.19. The summed E-state index contributed by atoms with van der Waals surface area (Å²) in [7, 11) is 0. The van der Waals surface area contributed by atoms with Crippen LogP contribution in [0.4, 0.5) is 5.69 Å². The SMILES string of the molecule is CCN(CCO)C(=O)Cc1ccc(N2CCCC2=O)cc1. The number of benzene rings is 1. The summed E-state index contributed by atoms with van der Waals surface area (Å²) in [5, 5.41) is 8.93. The number of hydrogen-bond donors (Lipinski definition) is 1. The van der Waals surface area contributed by atoms with E-state index < -0.39 is 0 Å². The smallest absolute Gasteiger partial charge is 0.227 e. The van der Waals surface area contributed by atoms with Gasteiger partial charge in [-0.15, -0.1) is 0 Å². The lowest BCUT2D eigenvalue weighted by atomic mass is 10.1. The fourth-order valence-electron chi connectivity index (χ4n) is 2.58. The van der Waals surface area contributed by atoms with Crippen LogP contribution in [0.5, 0.6) is 0 Å². The lowest BCUT2D eigenvalue weighted by Gasteiger charge is -2.20. The molecule has 0 aliphatic carbocycles. The van der Waals surface area contributed by atoms with Crippen molar-refractivity contribution in [1.82, 2.24) is 4.90 Å². The summed E-state index contributed by atoms with van der Waals surface area (Å²) in [6, 6.07) is 7.58. The zero-order valence-electron chi connectivity index (χ0n) is 12.4. The third kappa shape index (κ3) is 3.82. The van der Waals surface area contributed by atoms with Crippen LogP contribution >= 0.6 is 0 Å². The largest absolute Gasteiger partial charge is 0.395 e. The quantitative estimate of drug-likeness (QED) is 0.856. The molecular weight excluding hydrogens is 268 g/mol. The maximum atomic E-state index is 12.1. The monoisotopic (exact) mass is 290 g/mol. The Morgan fingerprint density at radius 2 is 2.05 bits per heavy atom. The summed E-state index contributed by atoms with van der Waals surface area (Å²) < 4.78 is 0. The third-order valence-electron chi connectivity index (χ3n) is 3.78. The second-order valence-electron chi connectivity index (χ2n) is 5.19. The molecule has 1 fully saturated rings. The van der Waals surface area contributed by atoms with Crippen molar-refractivity contribution in [3.05, 3.63) is 29.8 Å². The minimum atomic E-state index is -0.0183. The number of amides is 2. The number of aliphatic hydroxyl groups excluding tert-OH is 1. The van der Waals surface area contributed by atoms with Crippen LogP contribution in [0.2, 0.25) is 0 Å². The van der Waals surface area contributed by atoms with Gasteiger partial charge in [-0.3, -0.25) is 9.59 Å². The van der Waals surface area contributed by atoms with Gasteiger partial charge in [-0.1, -0.05) is 12.1 Å². The first kappa shape index (κ1) is 15.5. The molecule has 21 heavy (non-hydrogen) atoms. The van der Waals surface area contributed by atoms with Gasteiger partial charge in [0.1, 0.15) is 0 Å². The van der Waals surface area contributed by atoms with Crippen molar-refractivity contribution in [2.75, 3.05) is 31.1 Å². The topological polar surface area (TPSA) is 60.9 Å². The standard InChI is InChI=1S/C16H22N2O3/c1-2-17(10-11-19)16(21)12-13-5-7-14(8-6-13)18-9-3-4-15(18)20/h5-8,19H,2-4,9-12H2,1H3. The molecule has 2 amide bonds. The van der Waals surface area contributed by atoms with Gasteiger partial charge in [0.25, 0.3) is 0 Å². The summed E-state index contributed by atoms with van der Waals surface area (Å²) in [4.78, 5) is 27.2. The number of rotatable bonds is 6. The molecule has 1 N–H and O–H groups in total. The summed E-state index contributed by atoms with van der Waals surface area (Å²) in [5.74, 6) is 0.176. The molecule has 1 saturated heterocycles. The molecule has 0 unspecified atom stereocenters. The summed E-state index contributed by atoms with van der Waals surface area (Å²) in [6.07, 6.45) is 1.85. The molecule has 0 bridgehead atoms. The minimum absolute atomic E-state index is 0.0107. The predicted molar refractivity (Wildman–Crippen MR) is 81.1 cm³/mol. The fraction of sp³-hybridized carbons (Fsp3) is 0.500. The van der Waals surface area contributed by atoms with E-state index in [-0.39, 0.29) is 18.4 Å². The number of aliphatic hydroxyl groups is 1. The maximum Gasteiger partial charge on any atom is 0.227 e. The molecule has 1 heterocycles. The molecule has 1 aromatic rings. The minimum Gasteiger partial charge on any atom is -0.395 e. The van der Waals surface area contributed by atoms with Gasteiger partial charge >= 0.3 is 0 Å². The predicted octanol–water partition coefficient (Wildman–Crippen LogP) is 1.20. The van der Waals surface area contributed by atoms with Gasteiger partial charge in [0, 0.05) is 31.7 Å². The van der Waals surface area contributed by atoms with E-state index in [1.54, 1.807) is 9.80 Å². The van der Waals surface area contributed by atoms with Crippen molar-refractivity contribution in [2.45, 2.75) is 26.2 Å². The van der Waals surface area contributed by atoms with Gasteiger partial charge in [0.15, 0.2) is 0 Å². The van der Waals surface area contributed by atoms with Crippen LogP contribution in [0.25, 0.3) is 0 Å². The average Bonchev–Trinajstić information content (AvgIpc) is 2.91. The van der Waals surface area contributed by atoms with Crippen molar-refractivity contribution < 1.29 is 14.7 Å². The van der Waals surface area contributed by atoms with Crippen molar-refractivity contribution in [3.8, 4) is 0 Å². The Hall–Kier alpha value is -1.88. The molecule has 0 radical (unpaired) electrons. The Morgan fingerprint density at radius 1 is 1.33 bits per heavy atom. The van der Waals surface area contributed by atoms with Gasteiger partial charge in [-0.25, -0.2) is 0 Å². The molecule has 0 atom stereocenters. The number of nitrogens with zero attached hydrogens (tertiary/aromatic N) is 2. The Balaban J connectivity index is 1.99. The summed E-state index contributed by atoms with van der Waals surface area (Å²) in [6.45, 7) is 3.62. The highest BCUT2D eigenvalue weighted by Gasteiger charge is 2.21. The average molecular weight is 290 g/mol. The van der Waals surface area contributed by atoms with E-state index in [9.17, 15) is 9.59 Å². The highest BCUT2D eigenvalue weighted by molar-refractivity contribution is 5.95. The van der Waals surface area contributed by atoms with Gasteiger partial charge in [0.05, 0.1) is 13.0 Å². The first-order valence-corrected chi connectivity index (χ1v) is 7.43. The molecule has 0 spiro atoms. The van der Waals surface area contributed by atoms with Gasteiger partial charge in [-0.2, -0.15) is 0 Å². The van der Waals surface area contributed by atoms with Gasteiger partial charge in [0.2, 0.25) is 11.8 Å². The number of carbonyl (C=O) groups is 2. The molecule has 114 valence electrons. The molecule has 2 rings (SSSR count). The first-order chi connectivity index (χ1) is 10.2. The van der Waals surface area contributed by atoms with Crippen molar-refractivity contribution in [2.24, 2.45) is 0 Å². The van der Waals surface area contributed by atoms with E-state index in [0.717, 1.165) is 24.2 Å². The lowest BCUT2D eigenvalue weighted by Crippen LogP contribution is -2.34. The van der Waals surface area contributed by atoms with Crippen LogP contribution in [0.15, 0.2) is 24.3 Å². The number of hydrogen-bond acceptors (Lipinski definition) is 3. The first-order valence-electron chi connectivity index (χ1n) is 7.43. The van der Waals surface area contributed by atoms with E-state index >= 15 is 0 Å². The number of likely N-dealkylation sites (N-methyl/N-ethyl adjacent to an activating group) is 1. The van der Waals surface area contributed by atoms with Crippen molar-refractivity contribution in [3.63, 3.8) is 0 Å². The molecule has 1 aliphatic heterocycles. The highest BCUT2D eigenvalue weighted by atomic mass is 16.3. The van der Waals surface area contributed by atoms with Crippen LogP contribution in [0, 0.1) is 0 Å². The molecule has 5 heteroatoms. The van der Waals surface area contributed by atoms with Crippen molar-refractivity contribution in [1.29, 1.82) is 0 Å². The maximum absolute atomic E-state index is 12.1. The van der Waals surface area contributed by atoms with Crippen LogP contribution < -0.4 is 4.90 Å². The zero-order chi connectivity index (χ0) is 15.2. The summed E-state index contributed by atoms with van der Waals surface area (Å²) in [5.41, 5.74) is 1.82. The van der Waals surface area contributed by atoms with E-state index in [1.165, 1.54) is 0 Å². The van der Waals surface area contributed by atoms with Crippen LogP contribution in [-0.4, -0.2) is 48.1 Å². The lowest BCUT2D eigenvalue weighted by molar-refractivity contribution is -0.130. The molecule has 5 nitrogen and oxygen atoms in total. The molecule has 0 saturated carbocycles. The third-order valence-corrected chi connectivity index (χ3v) is 3.78. The van der Waals surface area contributed by atoms with Crippen LogP contribution in [0.1, 0.15) is 25.3 Å².